The summed E-state index contributed by atoms with van der Waals surface area (Å²) in [6, 6.07) is 9.14. The van der Waals surface area contributed by atoms with Crippen molar-refractivity contribution < 1.29 is 23.9 Å². The van der Waals surface area contributed by atoms with Gasteiger partial charge in [-0.25, -0.2) is 14.6 Å². The van der Waals surface area contributed by atoms with Gasteiger partial charge in [0, 0.05) is 11.1 Å². The summed E-state index contributed by atoms with van der Waals surface area (Å²) in [4.78, 5) is 40.3. The van der Waals surface area contributed by atoms with E-state index in [0.717, 1.165) is 10.5 Å². The summed E-state index contributed by atoms with van der Waals surface area (Å²) in [7, 11) is 0. The molecule has 1 aromatic carbocycles. The standard InChI is InChI=1S/C19H20N2O5S/c1-4-25-19(24)21-16(22)11-26-18(23)15-6-5-9-20-17(15)27-14-8-7-12(2)13(3)10-14/h5-10H,4,11H2,1-3H3,(H,21,22,24). The lowest BCUT2D eigenvalue weighted by atomic mass is 10.1. The first-order valence-electron chi connectivity index (χ1n) is 8.24. The number of alkyl carbamates (subject to hydrolysis) is 1. The van der Waals surface area contributed by atoms with Gasteiger partial charge in [0.05, 0.1) is 12.2 Å². The zero-order chi connectivity index (χ0) is 19.8. The number of imide groups is 1. The SMILES string of the molecule is CCOC(=O)NC(=O)COC(=O)c1cccnc1Sc1ccc(C)c(C)c1. The van der Waals surface area contributed by atoms with Gasteiger partial charge in [0.1, 0.15) is 5.03 Å². The van der Waals surface area contributed by atoms with E-state index < -0.39 is 24.6 Å². The van der Waals surface area contributed by atoms with Gasteiger partial charge < -0.3 is 9.47 Å². The van der Waals surface area contributed by atoms with Crippen LogP contribution in [-0.4, -0.2) is 36.2 Å². The van der Waals surface area contributed by atoms with E-state index in [-0.39, 0.29) is 12.2 Å². The minimum absolute atomic E-state index is 0.133. The summed E-state index contributed by atoms with van der Waals surface area (Å²) >= 11 is 1.33. The number of amides is 2. The number of benzene rings is 1. The Kier molecular flexibility index (Phi) is 7.36. The van der Waals surface area contributed by atoms with E-state index in [2.05, 4.69) is 9.72 Å². The molecule has 0 saturated heterocycles. The van der Waals surface area contributed by atoms with E-state index in [1.54, 1.807) is 25.3 Å². The van der Waals surface area contributed by atoms with Crippen LogP contribution in [-0.2, 0) is 14.3 Å². The normalized spacial score (nSPS) is 10.2. The molecular formula is C19H20N2O5S. The van der Waals surface area contributed by atoms with E-state index in [4.69, 9.17) is 4.74 Å². The van der Waals surface area contributed by atoms with Crippen LogP contribution in [0.4, 0.5) is 4.79 Å². The second-order valence-electron chi connectivity index (χ2n) is 5.55. The monoisotopic (exact) mass is 388 g/mol. The van der Waals surface area contributed by atoms with E-state index in [9.17, 15) is 14.4 Å². The quantitative estimate of drug-likeness (QED) is 0.759. The minimum Gasteiger partial charge on any atom is -0.452 e. The lowest BCUT2D eigenvalue weighted by Crippen LogP contribution is -2.34. The fraction of sp³-hybridized carbons (Fsp3) is 0.263. The Morgan fingerprint density at radius 3 is 2.59 bits per heavy atom. The second-order valence-corrected chi connectivity index (χ2v) is 6.61. The van der Waals surface area contributed by atoms with Gasteiger partial charge in [0.2, 0.25) is 0 Å². The number of nitrogens with one attached hydrogen (secondary N) is 1. The van der Waals surface area contributed by atoms with Crippen LogP contribution in [0, 0.1) is 13.8 Å². The molecule has 0 radical (unpaired) electrons. The second kappa shape index (κ2) is 9.72. The topological polar surface area (TPSA) is 94.6 Å². The Morgan fingerprint density at radius 2 is 1.89 bits per heavy atom. The van der Waals surface area contributed by atoms with Gasteiger partial charge in [0.25, 0.3) is 5.91 Å². The fourth-order valence-corrected chi connectivity index (χ4v) is 3.01. The molecule has 27 heavy (non-hydrogen) atoms. The molecule has 1 N–H and O–H groups in total. The molecule has 0 unspecified atom stereocenters. The summed E-state index contributed by atoms with van der Waals surface area (Å²) in [5.41, 5.74) is 2.55. The Labute approximate surface area is 161 Å². The molecule has 1 aromatic heterocycles. The molecule has 2 amide bonds. The minimum atomic E-state index is -0.883. The summed E-state index contributed by atoms with van der Waals surface area (Å²) in [6.07, 6.45) is 0.694. The third-order valence-corrected chi connectivity index (χ3v) is 4.54. The van der Waals surface area contributed by atoms with E-state index in [1.807, 2.05) is 37.4 Å². The molecule has 0 fully saturated rings. The summed E-state index contributed by atoms with van der Waals surface area (Å²) < 4.78 is 9.56. The zero-order valence-electron chi connectivity index (χ0n) is 15.3. The van der Waals surface area contributed by atoms with E-state index >= 15 is 0 Å². The van der Waals surface area contributed by atoms with Gasteiger partial charge in [-0.05, 0) is 56.2 Å². The number of nitrogens with zero attached hydrogens (tertiary/aromatic N) is 1. The van der Waals surface area contributed by atoms with Gasteiger partial charge >= 0.3 is 12.1 Å². The lowest BCUT2D eigenvalue weighted by Gasteiger charge is -2.09. The average Bonchev–Trinajstić information content (AvgIpc) is 2.63. The van der Waals surface area contributed by atoms with Crippen molar-refractivity contribution in [3.05, 3.63) is 53.2 Å². The molecule has 0 aliphatic heterocycles. The Balaban J connectivity index is 2.03. The van der Waals surface area contributed by atoms with Crippen LogP contribution in [0.1, 0.15) is 28.4 Å². The average molecular weight is 388 g/mol. The molecule has 0 aliphatic carbocycles. The molecule has 8 heteroatoms. The molecular weight excluding hydrogens is 368 g/mol. The van der Waals surface area contributed by atoms with Crippen molar-refractivity contribution in [3.8, 4) is 0 Å². The molecule has 0 atom stereocenters. The Bertz CT molecular complexity index is 854. The van der Waals surface area contributed by atoms with Crippen molar-refractivity contribution in [3.63, 3.8) is 0 Å². The van der Waals surface area contributed by atoms with Crippen molar-refractivity contribution in [1.29, 1.82) is 0 Å². The fourth-order valence-electron chi connectivity index (χ4n) is 2.04. The maximum Gasteiger partial charge on any atom is 0.413 e. The molecule has 7 nitrogen and oxygen atoms in total. The van der Waals surface area contributed by atoms with Gasteiger partial charge in [0.15, 0.2) is 6.61 Å². The predicted octanol–water partition coefficient (Wildman–Crippen LogP) is 3.28. The van der Waals surface area contributed by atoms with Crippen LogP contribution in [0.15, 0.2) is 46.5 Å². The summed E-state index contributed by atoms with van der Waals surface area (Å²) in [5.74, 6) is -1.47. The predicted molar refractivity (Wildman–Crippen MR) is 99.7 cm³/mol. The largest absolute Gasteiger partial charge is 0.452 e. The molecule has 0 aliphatic rings. The molecule has 0 saturated carbocycles. The van der Waals surface area contributed by atoms with Crippen molar-refractivity contribution in [2.75, 3.05) is 13.2 Å². The van der Waals surface area contributed by atoms with Gasteiger partial charge in [-0.2, -0.15) is 0 Å². The molecule has 1 heterocycles. The van der Waals surface area contributed by atoms with Gasteiger partial charge in [-0.1, -0.05) is 17.8 Å². The third kappa shape index (κ3) is 6.10. The molecule has 2 aromatic rings. The number of rotatable bonds is 6. The summed E-state index contributed by atoms with van der Waals surface area (Å²) in [5, 5.41) is 2.42. The highest BCUT2D eigenvalue weighted by Gasteiger charge is 2.17. The highest BCUT2D eigenvalue weighted by Crippen LogP contribution is 2.30. The number of hydrogen-bond donors (Lipinski definition) is 1. The molecule has 0 spiro atoms. The van der Waals surface area contributed by atoms with Crippen LogP contribution in [0.25, 0.3) is 0 Å². The van der Waals surface area contributed by atoms with Crippen LogP contribution in [0.5, 0.6) is 0 Å². The molecule has 2 rings (SSSR count). The van der Waals surface area contributed by atoms with Crippen LogP contribution in [0.3, 0.4) is 0 Å². The van der Waals surface area contributed by atoms with E-state index in [1.165, 1.54) is 17.3 Å². The number of aryl methyl sites for hydroxylation is 2. The maximum absolute atomic E-state index is 12.3. The first-order valence-corrected chi connectivity index (χ1v) is 9.06. The van der Waals surface area contributed by atoms with E-state index in [0.29, 0.717) is 5.03 Å². The van der Waals surface area contributed by atoms with Crippen molar-refractivity contribution in [1.82, 2.24) is 10.3 Å². The van der Waals surface area contributed by atoms with Crippen molar-refractivity contribution >= 4 is 29.7 Å². The third-order valence-electron chi connectivity index (χ3n) is 3.54. The first kappa shape index (κ1) is 20.4. The number of aromatic nitrogens is 1. The number of hydrogen-bond acceptors (Lipinski definition) is 7. The van der Waals surface area contributed by atoms with Crippen LogP contribution < -0.4 is 5.32 Å². The van der Waals surface area contributed by atoms with Crippen LogP contribution in [0.2, 0.25) is 0 Å². The smallest absolute Gasteiger partial charge is 0.413 e. The van der Waals surface area contributed by atoms with Gasteiger partial charge in [-0.15, -0.1) is 0 Å². The number of esters is 1. The van der Waals surface area contributed by atoms with Crippen molar-refractivity contribution in [2.45, 2.75) is 30.7 Å². The van der Waals surface area contributed by atoms with Gasteiger partial charge in [-0.3, -0.25) is 10.1 Å². The summed E-state index contributed by atoms with van der Waals surface area (Å²) in [6.45, 7) is 5.18. The zero-order valence-corrected chi connectivity index (χ0v) is 16.1. The number of carbonyl (C=O) groups is 3. The van der Waals surface area contributed by atoms with Crippen LogP contribution >= 0.6 is 11.8 Å². The maximum atomic E-state index is 12.3. The Morgan fingerprint density at radius 1 is 1.11 bits per heavy atom. The molecule has 0 bridgehead atoms. The Hall–Kier alpha value is -2.87. The first-order chi connectivity index (χ1) is 12.9. The number of carbonyl (C=O) groups excluding carboxylic acids is 3. The van der Waals surface area contributed by atoms with Crippen molar-refractivity contribution in [2.24, 2.45) is 0 Å². The highest BCUT2D eigenvalue weighted by molar-refractivity contribution is 7.99. The highest BCUT2D eigenvalue weighted by atomic mass is 32.2. The molecule has 142 valence electrons. The number of pyridine rings is 1. The number of ether oxygens (including phenoxy) is 2. The lowest BCUT2D eigenvalue weighted by molar-refractivity contribution is -0.123.